The number of para-hydroxylation sites is 1. The molecule has 1 aliphatic carbocycles. The molecular weight excluding hydrogens is 298 g/mol. The van der Waals surface area contributed by atoms with E-state index in [4.69, 9.17) is 0 Å². The Bertz CT molecular complexity index is 956. The molecular formula is C21H17NS. The van der Waals surface area contributed by atoms with Gasteiger partial charge >= 0.3 is 0 Å². The Hall–Kier alpha value is -2.19. The predicted molar refractivity (Wildman–Crippen MR) is 97.9 cm³/mol. The van der Waals surface area contributed by atoms with E-state index < -0.39 is 0 Å². The van der Waals surface area contributed by atoms with Crippen LogP contribution in [-0.2, 0) is 5.41 Å². The van der Waals surface area contributed by atoms with E-state index in [9.17, 15) is 0 Å². The molecule has 23 heavy (non-hydrogen) atoms. The molecule has 0 saturated heterocycles. The number of nitrogens with one attached hydrogen (secondary N) is 1. The third kappa shape index (κ3) is 1.76. The van der Waals surface area contributed by atoms with Crippen LogP contribution in [0.5, 0.6) is 0 Å². The van der Waals surface area contributed by atoms with Gasteiger partial charge in [0.25, 0.3) is 0 Å². The first kappa shape index (κ1) is 13.3. The predicted octanol–water partition coefficient (Wildman–Crippen LogP) is 6.20. The molecule has 1 N–H and O–H groups in total. The van der Waals surface area contributed by atoms with Crippen LogP contribution < -0.4 is 5.32 Å². The lowest BCUT2D eigenvalue weighted by atomic mass is 9.82. The zero-order valence-electron chi connectivity index (χ0n) is 13.2. The van der Waals surface area contributed by atoms with Crippen molar-refractivity contribution in [1.29, 1.82) is 0 Å². The number of hydrogen-bond donors (Lipinski definition) is 1. The molecule has 0 unspecified atom stereocenters. The van der Waals surface area contributed by atoms with Crippen LogP contribution in [0.1, 0.15) is 25.0 Å². The van der Waals surface area contributed by atoms with E-state index in [2.05, 4.69) is 79.8 Å². The summed E-state index contributed by atoms with van der Waals surface area (Å²) in [6.45, 7) is 4.66. The largest absolute Gasteiger partial charge is 0.354 e. The second-order valence-corrected chi connectivity index (χ2v) is 7.87. The number of benzene rings is 3. The molecule has 0 bridgehead atoms. The molecule has 1 heterocycles. The van der Waals surface area contributed by atoms with Gasteiger partial charge in [-0.15, -0.1) is 0 Å². The summed E-state index contributed by atoms with van der Waals surface area (Å²) in [6.07, 6.45) is 0. The summed E-state index contributed by atoms with van der Waals surface area (Å²) in [7, 11) is 0. The van der Waals surface area contributed by atoms with Crippen LogP contribution in [0.3, 0.4) is 0 Å². The zero-order chi connectivity index (χ0) is 15.6. The van der Waals surface area contributed by atoms with Crippen LogP contribution in [0.25, 0.3) is 11.1 Å². The highest BCUT2D eigenvalue weighted by Crippen LogP contribution is 2.53. The number of fused-ring (bicyclic) bond motifs is 5. The monoisotopic (exact) mass is 315 g/mol. The van der Waals surface area contributed by atoms with Gasteiger partial charge in [-0.05, 0) is 46.5 Å². The maximum atomic E-state index is 3.61. The molecule has 1 aliphatic heterocycles. The quantitative estimate of drug-likeness (QED) is 0.414. The molecule has 0 amide bonds. The highest BCUT2D eigenvalue weighted by atomic mass is 32.2. The third-order valence-corrected chi connectivity index (χ3v) is 6.19. The molecule has 0 radical (unpaired) electrons. The van der Waals surface area contributed by atoms with Gasteiger partial charge in [-0.3, -0.25) is 0 Å². The second kappa shape index (κ2) is 4.42. The lowest BCUT2D eigenvalue weighted by Gasteiger charge is -2.25. The average Bonchev–Trinajstić information content (AvgIpc) is 2.79. The first-order chi connectivity index (χ1) is 11.1. The Morgan fingerprint density at radius 3 is 2.43 bits per heavy atom. The van der Waals surface area contributed by atoms with Crippen molar-refractivity contribution in [2.45, 2.75) is 29.1 Å². The minimum Gasteiger partial charge on any atom is -0.354 e. The van der Waals surface area contributed by atoms with Gasteiger partial charge < -0.3 is 5.32 Å². The normalized spacial score (nSPS) is 15.9. The number of rotatable bonds is 0. The van der Waals surface area contributed by atoms with Gasteiger partial charge in [0.2, 0.25) is 0 Å². The van der Waals surface area contributed by atoms with Crippen molar-refractivity contribution in [2.75, 3.05) is 5.32 Å². The SMILES string of the molecule is CC1(C)c2ccccc2-c2cc3c(cc21)Sc1ccccc1N3. The highest BCUT2D eigenvalue weighted by molar-refractivity contribution is 7.99. The molecule has 0 aromatic heterocycles. The second-order valence-electron chi connectivity index (χ2n) is 6.79. The Morgan fingerprint density at radius 2 is 1.52 bits per heavy atom. The Balaban J connectivity index is 1.74. The Labute approximate surface area is 140 Å². The van der Waals surface area contributed by atoms with Crippen LogP contribution in [0.2, 0.25) is 0 Å². The van der Waals surface area contributed by atoms with E-state index in [1.54, 1.807) is 0 Å². The minimum atomic E-state index is 0.0679. The standard InChI is InChI=1S/C21H17NS/c1-21(2)15-8-4-3-7-13(15)14-11-18-20(12-16(14)21)23-19-10-6-5-9-17(19)22-18/h3-12,22H,1-2H3. The summed E-state index contributed by atoms with van der Waals surface area (Å²) in [5.74, 6) is 0. The average molecular weight is 315 g/mol. The van der Waals surface area contributed by atoms with Gasteiger partial charge in [0.05, 0.1) is 11.4 Å². The molecule has 2 aliphatic rings. The van der Waals surface area contributed by atoms with Crippen LogP contribution >= 0.6 is 11.8 Å². The van der Waals surface area contributed by atoms with Crippen molar-refractivity contribution in [3.63, 3.8) is 0 Å². The summed E-state index contributed by atoms with van der Waals surface area (Å²) in [4.78, 5) is 2.62. The maximum Gasteiger partial charge on any atom is 0.0532 e. The first-order valence-electron chi connectivity index (χ1n) is 7.97. The van der Waals surface area contributed by atoms with Crippen LogP contribution in [-0.4, -0.2) is 0 Å². The van der Waals surface area contributed by atoms with Crippen molar-refractivity contribution >= 4 is 23.1 Å². The number of hydrogen-bond acceptors (Lipinski definition) is 2. The van der Waals surface area contributed by atoms with Crippen molar-refractivity contribution in [3.8, 4) is 11.1 Å². The zero-order valence-corrected chi connectivity index (χ0v) is 14.0. The van der Waals surface area contributed by atoms with Crippen LogP contribution in [0.4, 0.5) is 11.4 Å². The summed E-state index contributed by atoms with van der Waals surface area (Å²) in [5.41, 5.74) is 8.11. The highest BCUT2D eigenvalue weighted by Gasteiger charge is 2.36. The van der Waals surface area contributed by atoms with Gasteiger partial charge in [-0.25, -0.2) is 0 Å². The van der Waals surface area contributed by atoms with Crippen molar-refractivity contribution in [2.24, 2.45) is 0 Å². The third-order valence-electron chi connectivity index (χ3n) is 5.06. The summed E-state index contributed by atoms with van der Waals surface area (Å²) < 4.78 is 0. The van der Waals surface area contributed by atoms with Gasteiger partial charge in [0.1, 0.15) is 0 Å². The van der Waals surface area contributed by atoms with Crippen LogP contribution in [0.15, 0.2) is 70.5 Å². The molecule has 0 atom stereocenters. The van der Waals surface area contributed by atoms with Gasteiger partial charge in [0, 0.05) is 15.2 Å². The Morgan fingerprint density at radius 1 is 0.739 bits per heavy atom. The van der Waals surface area contributed by atoms with Crippen molar-refractivity contribution in [3.05, 3.63) is 71.8 Å². The van der Waals surface area contributed by atoms with Crippen molar-refractivity contribution in [1.82, 2.24) is 0 Å². The molecule has 1 nitrogen and oxygen atoms in total. The van der Waals surface area contributed by atoms with Crippen molar-refractivity contribution < 1.29 is 0 Å². The van der Waals surface area contributed by atoms with E-state index in [0.29, 0.717) is 0 Å². The molecule has 3 aromatic carbocycles. The van der Waals surface area contributed by atoms with Gasteiger partial charge in [0.15, 0.2) is 0 Å². The van der Waals surface area contributed by atoms with E-state index >= 15 is 0 Å². The lowest BCUT2D eigenvalue weighted by Crippen LogP contribution is -2.15. The molecule has 0 spiro atoms. The van der Waals surface area contributed by atoms with E-state index in [1.165, 1.54) is 43.4 Å². The van der Waals surface area contributed by atoms with Gasteiger partial charge in [-0.2, -0.15) is 0 Å². The molecule has 5 rings (SSSR count). The van der Waals surface area contributed by atoms with E-state index in [-0.39, 0.29) is 5.41 Å². The molecule has 2 heteroatoms. The molecule has 3 aromatic rings. The lowest BCUT2D eigenvalue weighted by molar-refractivity contribution is 0.659. The smallest absolute Gasteiger partial charge is 0.0532 e. The molecule has 0 saturated carbocycles. The molecule has 0 fully saturated rings. The minimum absolute atomic E-state index is 0.0679. The van der Waals surface area contributed by atoms with Crippen LogP contribution in [0, 0.1) is 0 Å². The maximum absolute atomic E-state index is 3.61. The summed E-state index contributed by atoms with van der Waals surface area (Å²) in [5, 5.41) is 3.61. The van der Waals surface area contributed by atoms with E-state index in [1.807, 2.05) is 11.8 Å². The fourth-order valence-electron chi connectivity index (χ4n) is 3.83. The topological polar surface area (TPSA) is 12.0 Å². The fraction of sp³-hybridized carbons (Fsp3) is 0.143. The Kier molecular flexibility index (Phi) is 2.55. The fourth-order valence-corrected chi connectivity index (χ4v) is 4.84. The van der Waals surface area contributed by atoms with Gasteiger partial charge in [-0.1, -0.05) is 62.0 Å². The molecule has 112 valence electrons. The summed E-state index contributed by atoms with van der Waals surface area (Å²) in [6, 6.07) is 22.0. The number of anilines is 2. The van der Waals surface area contributed by atoms with E-state index in [0.717, 1.165) is 0 Å². The first-order valence-corrected chi connectivity index (χ1v) is 8.78. The summed E-state index contributed by atoms with van der Waals surface area (Å²) >= 11 is 1.87.